The van der Waals surface area contributed by atoms with Crippen molar-refractivity contribution >= 4 is 43.1 Å². The second-order valence-corrected chi connectivity index (χ2v) is 11.0. The van der Waals surface area contributed by atoms with Crippen LogP contribution < -0.4 is 16.0 Å². The van der Waals surface area contributed by atoms with Gasteiger partial charge in [-0.05, 0) is 76.7 Å². The molecule has 3 aromatic carbocycles. The fourth-order valence-electron chi connectivity index (χ4n) is 5.27. The first-order valence-corrected chi connectivity index (χ1v) is 14.6. The van der Waals surface area contributed by atoms with Gasteiger partial charge in [-0.1, -0.05) is 18.2 Å². The molecule has 46 heavy (non-hydrogen) atoms. The van der Waals surface area contributed by atoms with Crippen LogP contribution in [0.1, 0.15) is 38.3 Å². The zero-order valence-corrected chi connectivity index (χ0v) is 26.1. The number of nitriles is 1. The van der Waals surface area contributed by atoms with E-state index in [1.165, 1.54) is 4.90 Å². The number of benzene rings is 3. The molecule has 0 aliphatic carbocycles. The second kappa shape index (κ2) is 13.9. The van der Waals surface area contributed by atoms with E-state index in [4.69, 9.17) is 11.0 Å². The summed E-state index contributed by atoms with van der Waals surface area (Å²) in [5.41, 5.74) is 8.10. The molecule has 4 aromatic rings. The molecule has 1 atom stereocenters. The van der Waals surface area contributed by atoms with Gasteiger partial charge in [-0.25, -0.2) is 0 Å². The number of piperazine rings is 1. The van der Waals surface area contributed by atoms with Crippen LogP contribution in [-0.2, 0) is 18.9 Å². The van der Waals surface area contributed by atoms with E-state index in [0.717, 1.165) is 33.8 Å². The van der Waals surface area contributed by atoms with Crippen molar-refractivity contribution in [1.29, 1.82) is 5.26 Å². The van der Waals surface area contributed by atoms with Crippen molar-refractivity contribution in [1.82, 2.24) is 9.88 Å². The zero-order valence-electron chi connectivity index (χ0n) is 24.9. The maximum atomic E-state index is 13.7. The number of amides is 1. The minimum Gasteiger partial charge on any atom is -0.398 e. The Kier molecular flexibility index (Phi) is 10.4. The van der Waals surface area contributed by atoms with Crippen LogP contribution in [0.5, 0.6) is 0 Å². The molecule has 1 fully saturated rings. The van der Waals surface area contributed by atoms with Gasteiger partial charge >= 0.3 is 12.4 Å². The Labute approximate surface area is 264 Å². The number of hydrogen-bond donors (Lipinski definition) is 2. The van der Waals surface area contributed by atoms with E-state index in [-0.39, 0.29) is 30.8 Å². The summed E-state index contributed by atoms with van der Waals surface area (Å²) in [6.45, 7) is 5.18. The summed E-state index contributed by atoms with van der Waals surface area (Å²) in [7, 11) is 1.88. The number of fused-ring (bicyclic) bond motifs is 1. The maximum absolute atomic E-state index is 13.7. The smallest absolute Gasteiger partial charge is 0.398 e. The Morgan fingerprint density at radius 3 is 2.26 bits per heavy atom. The third kappa shape index (κ3) is 7.87. The Morgan fingerprint density at radius 1 is 0.978 bits per heavy atom. The average molecular weight is 661 g/mol. The van der Waals surface area contributed by atoms with E-state index < -0.39 is 23.5 Å². The van der Waals surface area contributed by atoms with E-state index in [1.807, 2.05) is 34.1 Å². The van der Waals surface area contributed by atoms with Crippen molar-refractivity contribution in [3.63, 3.8) is 0 Å². The standard InChI is InChI=1S/C31H29F6N5O.CH2NP/c1-18-19(2)39-26-9-8-22(16-24(26)28(18)38)40-29(43)23-6-4-3-5-20(23)17-41-11-13-42(14-12-41)27-10-7-21(30(32,33)34)15-25(27)31(35,36)37;2-1-3/h3-10,15-16H,11-14,17H2,1-2H3,(H2,38,39)(H,40,43);3H2. The lowest BCUT2D eigenvalue weighted by molar-refractivity contribution is -0.142. The summed E-state index contributed by atoms with van der Waals surface area (Å²) < 4.78 is 80.3. The summed E-state index contributed by atoms with van der Waals surface area (Å²) in [4.78, 5) is 21.3. The summed E-state index contributed by atoms with van der Waals surface area (Å²) >= 11 is 0. The van der Waals surface area contributed by atoms with Crippen LogP contribution >= 0.6 is 9.24 Å². The van der Waals surface area contributed by atoms with Gasteiger partial charge in [0.15, 0.2) is 0 Å². The number of carbonyl (C=O) groups is 1. The first-order chi connectivity index (χ1) is 21.6. The number of anilines is 3. The molecule has 0 saturated carbocycles. The predicted octanol–water partition coefficient (Wildman–Crippen LogP) is 7.39. The van der Waals surface area contributed by atoms with Crippen molar-refractivity contribution < 1.29 is 31.1 Å². The highest BCUT2D eigenvalue weighted by Gasteiger charge is 2.39. The lowest BCUT2D eigenvalue weighted by Gasteiger charge is -2.37. The summed E-state index contributed by atoms with van der Waals surface area (Å²) in [5, 5.41) is 10.9. The number of nitrogens with zero attached hydrogens (tertiary/aromatic N) is 4. The van der Waals surface area contributed by atoms with Crippen molar-refractivity contribution in [3.8, 4) is 5.81 Å². The molecule has 1 amide bonds. The second-order valence-electron chi connectivity index (χ2n) is 10.7. The maximum Gasteiger partial charge on any atom is 0.418 e. The molecule has 1 aliphatic heterocycles. The Hall–Kier alpha value is -4.40. The number of pyridine rings is 1. The number of alkyl halides is 6. The van der Waals surface area contributed by atoms with Crippen LogP contribution in [0.4, 0.5) is 43.4 Å². The number of halogens is 6. The quantitative estimate of drug-likeness (QED) is 0.171. The molecule has 0 bridgehead atoms. The average Bonchev–Trinajstić information content (AvgIpc) is 3.00. The number of carbonyl (C=O) groups excluding carboxylic acids is 1. The largest absolute Gasteiger partial charge is 0.418 e. The molecule has 1 saturated heterocycles. The van der Waals surface area contributed by atoms with Crippen LogP contribution in [0.3, 0.4) is 0 Å². The number of nitrogens with two attached hydrogens (primary N) is 1. The van der Waals surface area contributed by atoms with Gasteiger partial charge in [0, 0.05) is 66.4 Å². The van der Waals surface area contributed by atoms with Crippen molar-refractivity contribution in [3.05, 3.63) is 94.2 Å². The molecule has 1 aliphatic rings. The van der Waals surface area contributed by atoms with Crippen LogP contribution in [0.15, 0.2) is 60.7 Å². The van der Waals surface area contributed by atoms with Gasteiger partial charge in [-0.2, -0.15) is 31.6 Å². The zero-order chi connectivity index (χ0) is 33.8. The molecular weight excluding hydrogens is 629 g/mol. The van der Waals surface area contributed by atoms with E-state index in [0.29, 0.717) is 42.6 Å². The third-order valence-corrected chi connectivity index (χ3v) is 7.78. The number of rotatable bonds is 5. The summed E-state index contributed by atoms with van der Waals surface area (Å²) in [6.07, 6.45) is -9.82. The van der Waals surface area contributed by atoms with Gasteiger partial charge in [0.25, 0.3) is 5.91 Å². The lowest BCUT2D eigenvalue weighted by Crippen LogP contribution is -2.46. The lowest BCUT2D eigenvalue weighted by atomic mass is 10.0. The molecule has 242 valence electrons. The molecule has 0 radical (unpaired) electrons. The normalized spacial score (nSPS) is 14.0. The minimum absolute atomic E-state index is 0.166. The number of nitrogen functional groups attached to an aromatic ring is 1. The van der Waals surface area contributed by atoms with Crippen molar-refractivity contribution in [2.24, 2.45) is 0 Å². The van der Waals surface area contributed by atoms with Gasteiger partial charge in [-0.3, -0.25) is 14.7 Å². The van der Waals surface area contributed by atoms with E-state index in [9.17, 15) is 31.1 Å². The van der Waals surface area contributed by atoms with Crippen molar-refractivity contribution in [2.75, 3.05) is 42.1 Å². The predicted molar refractivity (Wildman–Crippen MR) is 169 cm³/mol. The number of hydrogen-bond acceptors (Lipinski definition) is 6. The van der Waals surface area contributed by atoms with Gasteiger partial charge in [0.1, 0.15) is 0 Å². The van der Waals surface area contributed by atoms with E-state index >= 15 is 0 Å². The van der Waals surface area contributed by atoms with Gasteiger partial charge in [0.2, 0.25) is 0 Å². The van der Waals surface area contributed by atoms with Gasteiger partial charge in [-0.15, -0.1) is 0 Å². The van der Waals surface area contributed by atoms with E-state index in [2.05, 4.69) is 10.3 Å². The van der Waals surface area contributed by atoms with Crippen LogP contribution in [0, 0.1) is 24.9 Å². The third-order valence-electron chi connectivity index (χ3n) is 7.78. The SMILES string of the molecule is Cc1nc2ccc(NC(=O)c3ccccc3CN3CCN(c4ccc(C(F)(F)F)cc4C(F)(F)F)CC3)cc2c(N)c1C.N#CP. The molecule has 5 rings (SSSR count). The first kappa shape index (κ1) is 34.5. The number of aryl methyl sites for hydroxylation is 1. The van der Waals surface area contributed by atoms with Crippen molar-refractivity contribution in [2.45, 2.75) is 32.7 Å². The molecular formula is C32H31F6N6OP. The first-order valence-electron chi connectivity index (χ1n) is 14.0. The van der Waals surface area contributed by atoms with Crippen LogP contribution in [-0.4, -0.2) is 42.0 Å². The highest BCUT2D eigenvalue weighted by atomic mass is 31.0. The molecule has 1 unspecified atom stereocenters. The molecule has 14 heteroatoms. The number of nitrogens with one attached hydrogen (secondary N) is 1. The van der Waals surface area contributed by atoms with Crippen LogP contribution in [0.25, 0.3) is 10.9 Å². The van der Waals surface area contributed by atoms with E-state index in [1.54, 1.807) is 42.2 Å². The number of aromatic nitrogens is 1. The Morgan fingerprint density at radius 2 is 1.63 bits per heavy atom. The Bertz CT molecular complexity index is 1780. The highest BCUT2D eigenvalue weighted by Crippen LogP contribution is 2.41. The summed E-state index contributed by atoms with van der Waals surface area (Å²) in [6, 6.07) is 14.1. The fraction of sp³-hybridized carbons (Fsp3) is 0.281. The Balaban J connectivity index is 0.00000154. The highest BCUT2D eigenvalue weighted by molar-refractivity contribution is 7.23. The molecule has 2 heterocycles. The topological polar surface area (TPSA) is 98.3 Å². The molecule has 7 nitrogen and oxygen atoms in total. The fourth-order valence-corrected chi connectivity index (χ4v) is 5.27. The molecule has 1 aromatic heterocycles. The monoisotopic (exact) mass is 660 g/mol. The minimum atomic E-state index is -4.94. The van der Waals surface area contributed by atoms with Crippen LogP contribution in [0.2, 0.25) is 0 Å². The van der Waals surface area contributed by atoms with Gasteiger partial charge < -0.3 is 16.0 Å². The molecule has 3 N–H and O–H groups in total. The molecule has 0 spiro atoms. The summed E-state index contributed by atoms with van der Waals surface area (Å²) in [5.74, 6) is 1.34. The van der Waals surface area contributed by atoms with Gasteiger partial charge in [0.05, 0.1) is 22.5 Å².